The molecule has 1 aliphatic heterocycles. The summed E-state index contributed by atoms with van der Waals surface area (Å²) in [7, 11) is 2.98. The number of rotatable bonds is 7. The number of hydrogen-bond acceptors (Lipinski definition) is 7. The van der Waals surface area contributed by atoms with Gasteiger partial charge in [-0.1, -0.05) is 25.5 Å². The molecule has 1 amide bonds. The minimum absolute atomic E-state index is 0.253. The first-order valence-electron chi connectivity index (χ1n) is 10.8. The third kappa shape index (κ3) is 4.02. The molecule has 0 atom stereocenters. The molecule has 0 spiro atoms. The Morgan fingerprint density at radius 3 is 2.48 bits per heavy atom. The van der Waals surface area contributed by atoms with Crippen molar-refractivity contribution in [3.05, 3.63) is 69.5 Å². The molecule has 33 heavy (non-hydrogen) atoms. The third-order valence-corrected chi connectivity index (χ3v) is 5.70. The molecule has 3 aromatic rings. The maximum atomic E-state index is 13.8. The van der Waals surface area contributed by atoms with Gasteiger partial charge in [0.15, 0.2) is 5.56 Å². The second-order valence-electron chi connectivity index (χ2n) is 7.75. The second-order valence-corrected chi connectivity index (χ2v) is 7.75. The van der Waals surface area contributed by atoms with Gasteiger partial charge in [-0.25, -0.2) is 0 Å². The van der Waals surface area contributed by atoms with Crippen molar-refractivity contribution >= 4 is 5.91 Å². The molecule has 1 aliphatic rings. The number of methoxy groups -OCH3 is 2. The van der Waals surface area contributed by atoms with Gasteiger partial charge in [0.05, 0.1) is 26.5 Å². The number of benzene rings is 1. The van der Waals surface area contributed by atoms with Crippen LogP contribution in [0.1, 0.15) is 47.2 Å². The zero-order chi connectivity index (χ0) is 23.5. The van der Waals surface area contributed by atoms with Gasteiger partial charge in [0, 0.05) is 19.2 Å². The summed E-state index contributed by atoms with van der Waals surface area (Å²) in [6.45, 7) is 2.57. The summed E-state index contributed by atoms with van der Waals surface area (Å²) in [5, 5.41) is 10.7. The Labute approximate surface area is 191 Å². The normalized spacial score (nSPS) is 12.5. The number of pyridine rings is 1. The first-order valence-corrected chi connectivity index (χ1v) is 10.8. The van der Waals surface area contributed by atoms with E-state index < -0.39 is 22.9 Å². The number of unbranched alkanes of at least 4 members (excludes halogenated alkanes) is 1. The lowest BCUT2D eigenvalue weighted by Crippen LogP contribution is -2.35. The molecule has 2 aromatic heterocycles. The lowest BCUT2D eigenvalue weighted by atomic mass is 10.2. The lowest BCUT2D eigenvalue weighted by molar-refractivity contribution is 0.0744. The molecule has 0 fully saturated rings. The highest BCUT2D eigenvalue weighted by atomic mass is 16.5. The van der Waals surface area contributed by atoms with E-state index in [2.05, 4.69) is 9.97 Å². The predicted octanol–water partition coefficient (Wildman–Crippen LogP) is 2.85. The Morgan fingerprint density at radius 1 is 1.12 bits per heavy atom. The van der Waals surface area contributed by atoms with Crippen molar-refractivity contribution in [1.29, 1.82) is 0 Å². The van der Waals surface area contributed by atoms with E-state index in [0.717, 1.165) is 24.1 Å². The number of aromatic hydroxyl groups is 1. The second kappa shape index (κ2) is 9.32. The largest absolute Gasteiger partial charge is 0.494 e. The maximum absolute atomic E-state index is 13.8. The van der Waals surface area contributed by atoms with Crippen molar-refractivity contribution in [3.8, 4) is 23.1 Å². The topological polar surface area (TPSA) is 107 Å². The van der Waals surface area contributed by atoms with Crippen molar-refractivity contribution in [2.24, 2.45) is 0 Å². The molecule has 172 valence electrons. The summed E-state index contributed by atoms with van der Waals surface area (Å²) in [6, 6.07) is 8.83. The Bertz CT molecular complexity index is 1210. The number of carbonyl (C=O) groups excluding carboxylic acids is 1. The quantitative estimate of drug-likeness (QED) is 0.590. The standard InChI is InChI=1S/C24H26N4O5/c1-4-5-11-19-26-22(29)20(23(30)27-13-15-8-7-12-25-16(15)14-27)24(31)28(19)21-17(32-2)9-6-10-18(21)33-3/h6-10,12,29H,4-5,11,13-14H2,1-3H3. The van der Waals surface area contributed by atoms with Gasteiger partial charge in [-0.05, 0) is 30.2 Å². The number of aryl methyl sites for hydroxylation is 1. The fourth-order valence-corrected chi connectivity index (χ4v) is 4.03. The number of amides is 1. The number of hydrogen-bond donors (Lipinski definition) is 1. The van der Waals surface area contributed by atoms with Crippen LogP contribution in [0.5, 0.6) is 17.4 Å². The molecule has 0 bridgehead atoms. The molecule has 0 saturated heterocycles. The first kappa shape index (κ1) is 22.3. The maximum Gasteiger partial charge on any atom is 0.275 e. The average molecular weight is 450 g/mol. The summed E-state index contributed by atoms with van der Waals surface area (Å²) >= 11 is 0. The zero-order valence-corrected chi connectivity index (χ0v) is 18.9. The van der Waals surface area contributed by atoms with Gasteiger partial charge >= 0.3 is 0 Å². The summed E-state index contributed by atoms with van der Waals surface area (Å²) < 4.78 is 12.3. The minimum atomic E-state index is -0.676. The van der Waals surface area contributed by atoms with E-state index in [1.54, 1.807) is 30.5 Å². The van der Waals surface area contributed by atoms with Gasteiger partial charge in [-0.2, -0.15) is 4.98 Å². The van der Waals surface area contributed by atoms with Crippen LogP contribution in [0.3, 0.4) is 0 Å². The lowest BCUT2D eigenvalue weighted by Gasteiger charge is -2.21. The first-order chi connectivity index (χ1) is 16.0. The summed E-state index contributed by atoms with van der Waals surface area (Å²) in [5.41, 5.74) is 0.946. The molecule has 0 aliphatic carbocycles. The van der Waals surface area contributed by atoms with Crippen LogP contribution < -0.4 is 15.0 Å². The Hall–Kier alpha value is -3.88. The number of aromatic nitrogens is 3. The molecule has 9 nitrogen and oxygen atoms in total. The van der Waals surface area contributed by atoms with Crippen molar-refractivity contribution in [3.63, 3.8) is 0 Å². The zero-order valence-electron chi connectivity index (χ0n) is 18.9. The molecule has 1 aromatic carbocycles. The number of nitrogens with zero attached hydrogens (tertiary/aromatic N) is 4. The molecule has 9 heteroatoms. The number of fused-ring (bicyclic) bond motifs is 1. The van der Waals surface area contributed by atoms with E-state index in [-0.39, 0.29) is 6.54 Å². The van der Waals surface area contributed by atoms with Gasteiger partial charge in [0.25, 0.3) is 11.5 Å². The minimum Gasteiger partial charge on any atom is -0.494 e. The van der Waals surface area contributed by atoms with Gasteiger partial charge in [0.2, 0.25) is 5.88 Å². The molecule has 4 rings (SSSR count). The predicted molar refractivity (Wildman–Crippen MR) is 121 cm³/mol. The molecule has 0 unspecified atom stereocenters. The SMILES string of the molecule is CCCCc1nc(O)c(C(=O)N2Cc3cccnc3C2)c(=O)n1-c1c(OC)cccc1OC. The highest BCUT2D eigenvalue weighted by Crippen LogP contribution is 2.33. The Kier molecular flexibility index (Phi) is 6.30. The van der Waals surface area contributed by atoms with E-state index in [9.17, 15) is 14.7 Å². The number of carbonyl (C=O) groups is 1. The van der Waals surface area contributed by atoms with Crippen molar-refractivity contribution < 1.29 is 19.4 Å². The van der Waals surface area contributed by atoms with Gasteiger partial charge < -0.3 is 19.5 Å². The molecular weight excluding hydrogens is 424 g/mol. The third-order valence-electron chi connectivity index (χ3n) is 5.70. The van der Waals surface area contributed by atoms with E-state index in [1.807, 2.05) is 13.0 Å². The summed E-state index contributed by atoms with van der Waals surface area (Å²) in [6.07, 6.45) is 3.69. The van der Waals surface area contributed by atoms with Gasteiger partial charge in [-0.3, -0.25) is 19.1 Å². The molecule has 0 saturated carbocycles. The van der Waals surface area contributed by atoms with E-state index >= 15 is 0 Å². The highest BCUT2D eigenvalue weighted by molar-refractivity contribution is 5.96. The van der Waals surface area contributed by atoms with Crippen LogP contribution in [0.25, 0.3) is 5.69 Å². The molecule has 3 heterocycles. The van der Waals surface area contributed by atoms with Gasteiger partial charge in [-0.15, -0.1) is 0 Å². The van der Waals surface area contributed by atoms with Crippen molar-refractivity contribution in [1.82, 2.24) is 19.4 Å². The van der Waals surface area contributed by atoms with E-state index in [4.69, 9.17) is 9.47 Å². The van der Waals surface area contributed by atoms with Crippen molar-refractivity contribution in [2.75, 3.05) is 14.2 Å². The van der Waals surface area contributed by atoms with Crippen LogP contribution >= 0.6 is 0 Å². The highest BCUT2D eigenvalue weighted by Gasteiger charge is 2.32. The summed E-state index contributed by atoms with van der Waals surface area (Å²) in [4.78, 5) is 37.2. The smallest absolute Gasteiger partial charge is 0.275 e. The Morgan fingerprint density at radius 2 is 1.85 bits per heavy atom. The van der Waals surface area contributed by atoms with Crippen LogP contribution in [0.4, 0.5) is 0 Å². The number of ether oxygens (including phenoxy) is 2. The summed E-state index contributed by atoms with van der Waals surface area (Å²) in [5.74, 6) is -0.0846. The van der Waals surface area contributed by atoms with E-state index in [1.165, 1.54) is 23.7 Å². The van der Waals surface area contributed by atoms with Gasteiger partial charge in [0.1, 0.15) is 23.0 Å². The fraction of sp³-hybridized carbons (Fsp3) is 0.333. The Balaban J connectivity index is 1.88. The van der Waals surface area contributed by atoms with E-state index in [0.29, 0.717) is 36.0 Å². The molecule has 0 radical (unpaired) electrons. The monoisotopic (exact) mass is 450 g/mol. The molecular formula is C24H26N4O5. The fourth-order valence-electron chi connectivity index (χ4n) is 4.03. The van der Waals surface area contributed by atoms with Crippen LogP contribution in [-0.2, 0) is 19.5 Å². The van der Waals surface area contributed by atoms with Crippen molar-refractivity contribution in [2.45, 2.75) is 39.3 Å². The van der Waals surface area contributed by atoms with Crippen LogP contribution in [0, 0.1) is 0 Å². The van der Waals surface area contributed by atoms with Crippen LogP contribution in [0.2, 0.25) is 0 Å². The van der Waals surface area contributed by atoms with Crippen LogP contribution in [0.15, 0.2) is 41.3 Å². The number of para-hydroxylation sites is 1. The van der Waals surface area contributed by atoms with Crippen LogP contribution in [-0.4, -0.2) is 44.7 Å². The molecule has 1 N–H and O–H groups in total. The average Bonchev–Trinajstić information content (AvgIpc) is 3.26.